The molecule has 0 heterocycles. The molecule has 156 valence electrons. The Morgan fingerprint density at radius 3 is 1.82 bits per heavy atom. The molecule has 0 spiro atoms. The molecule has 1 fully saturated rings. The van der Waals surface area contributed by atoms with E-state index in [-0.39, 0.29) is 5.92 Å². The zero-order valence-electron chi connectivity index (χ0n) is 17.6. The molecule has 0 bridgehead atoms. The van der Waals surface area contributed by atoms with Crippen molar-refractivity contribution in [3.05, 3.63) is 34.9 Å². The van der Waals surface area contributed by atoms with Crippen molar-refractivity contribution >= 4 is 0 Å². The first-order chi connectivity index (χ1) is 13.7. The number of hydrogen-bond donors (Lipinski definition) is 0. The van der Waals surface area contributed by atoms with Gasteiger partial charge in [0.25, 0.3) is 0 Å². The lowest BCUT2D eigenvalue weighted by atomic mass is 9.77. The van der Waals surface area contributed by atoms with Gasteiger partial charge in [0.1, 0.15) is 23.3 Å². The molecule has 0 saturated heterocycles. The van der Waals surface area contributed by atoms with Gasteiger partial charge in [0.05, 0.1) is 0 Å². The van der Waals surface area contributed by atoms with Crippen LogP contribution in [0.5, 0.6) is 0 Å². The molecule has 0 amide bonds. The smallest absolute Gasteiger partial charge is 0.144 e. The molecule has 1 aromatic carbocycles. The average Bonchev–Trinajstić information content (AvgIpc) is 2.69. The maximum atomic E-state index is 13.9. The molecule has 0 aliphatic heterocycles. The molecule has 3 heteroatoms. The topological polar surface area (TPSA) is 23.8 Å². The van der Waals surface area contributed by atoms with Gasteiger partial charge >= 0.3 is 0 Å². The van der Waals surface area contributed by atoms with Crippen molar-refractivity contribution in [3.8, 4) is 6.07 Å². The molecule has 2 rings (SSSR count). The lowest BCUT2D eigenvalue weighted by Crippen LogP contribution is -2.14. The second-order valence-electron chi connectivity index (χ2n) is 8.66. The van der Waals surface area contributed by atoms with Crippen LogP contribution in [0, 0.1) is 28.9 Å². The van der Waals surface area contributed by atoms with Crippen LogP contribution in [0.3, 0.4) is 0 Å². The first kappa shape index (κ1) is 22.9. The van der Waals surface area contributed by atoms with Gasteiger partial charge < -0.3 is 0 Å². The molecule has 1 aliphatic rings. The van der Waals surface area contributed by atoms with Crippen LogP contribution in [0.4, 0.5) is 8.78 Å². The van der Waals surface area contributed by atoms with E-state index in [0.29, 0.717) is 0 Å². The molecule has 0 unspecified atom stereocenters. The predicted molar refractivity (Wildman–Crippen MR) is 112 cm³/mol. The number of rotatable bonds is 12. The number of nitriles is 1. The monoisotopic (exact) mass is 389 g/mol. The van der Waals surface area contributed by atoms with Gasteiger partial charge in [-0.25, -0.2) is 8.78 Å². The number of halogens is 2. The summed E-state index contributed by atoms with van der Waals surface area (Å²) in [6, 6.07) is 4.34. The molecule has 0 radical (unpaired) electrons. The van der Waals surface area contributed by atoms with Crippen LogP contribution in [-0.4, -0.2) is 0 Å². The molecule has 1 aliphatic carbocycles. The normalized spacial score (nSPS) is 19.5. The minimum atomic E-state index is -0.718. The van der Waals surface area contributed by atoms with E-state index in [1.807, 2.05) is 0 Å². The van der Waals surface area contributed by atoms with E-state index >= 15 is 0 Å². The highest BCUT2D eigenvalue weighted by Gasteiger charge is 2.24. The Hall–Kier alpha value is -1.43. The van der Waals surface area contributed by atoms with E-state index in [1.165, 1.54) is 82.8 Å². The van der Waals surface area contributed by atoms with Crippen LogP contribution in [0.2, 0.25) is 0 Å². The van der Waals surface area contributed by atoms with Crippen molar-refractivity contribution in [1.29, 1.82) is 5.26 Å². The summed E-state index contributed by atoms with van der Waals surface area (Å²) in [4.78, 5) is 0. The Morgan fingerprint density at radius 2 is 1.32 bits per heavy atom. The lowest BCUT2D eigenvalue weighted by molar-refractivity contribution is 0.301. The second kappa shape index (κ2) is 12.9. The number of benzene rings is 1. The van der Waals surface area contributed by atoms with Crippen LogP contribution in [0.1, 0.15) is 120 Å². The second-order valence-corrected chi connectivity index (χ2v) is 8.66. The average molecular weight is 390 g/mol. The number of nitrogens with zero attached hydrogens (tertiary/aromatic N) is 1. The third-order valence-electron chi connectivity index (χ3n) is 6.46. The minimum Gasteiger partial charge on any atom is -0.205 e. The van der Waals surface area contributed by atoms with Gasteiger partial charge in [-0.1, -0.05) is 77.6 Å². The van der Waals surface area contributed by atoms with Crippen molar-refractivity contribution < 1.29 is 8.78 Å². The summed E-state index contributed by atoms with van der Waals surface area (Å²) in [6.07, 6.45) is 19.4. The molecule has 0 aromatic heterocycles. The zero-order valence-corrected chi connectivity index (χ0v) is 17.6. The maximum absolute atomic E-state index is 13.9. The Kier molecular flexibility index (Phi) is 10.5. The van der Waals surface area contributed by atoms with Gasteiger partial charge in [0, 0.05) is 0 Å². The third kappa shape index (κ3) is 7.53. The largest absolute Gasteiger partial charge is 0.205 e. The lowest BCUT2D eigenvalue weighted by Gasteiger charge is -2.29. The SMILES string of the molecule is CCCCCCCCCCCCC1CCC(c2cc(F)c(C#N)c(F)c2)CC1. The first-order valence-corrected chi connectivity index (χ1v) is 11.5. The van der Waals surface area contributed by atoms with Gasteiger partial charge in [-0.15, -0.1) is 0 Å². The van der Waals surface area contributed by atoms with Gasteiger partial charge in [-0.3, -0.25) is 0 Å². The number of hydrogen-bond acceptors (Lipinski definition) is 1. The molecule has 28 heavy (non-hydrogen) atoms. The highest BCUT2D eigenvalue weighted by molar-refractivity contribution is 5.36. The molecule has 1 aromatic rings. The van der Waals surface area contributed by atoms with Gasteiger partial charge in [-0.2, -0.15) is 5.26 Å². The van der Waals surface area contributed by atoms with Crippen LogP contribution in [-0.2, 0) is 0 Å². The van der Waals surface area contributed by atoms with Crippen molar-refractivity contribution in [2.45, 2.75) is 109 Å². The van der Waals surface area contributed by atoms with Gasteiger partial charge in [0.15, 0.2) is 0 Å². The highest BCUT2D eigenvalue weighted by Crippen LogP contribution is 2.38. The summed E-state index contributed by atoms with van der Waals surface area (Å²) >= 11 is 0. The summed E-state index contributed by atoms with van der Waals surface area (Å²) in [5.41, 5.74) is 0.268. The Morgan fingerprint density at radius 1 is 0.821 bits per heavy atom. The number of unbranched alkanes of at least 4 members (excludes halogenated alkanes) is 9. The van der Waals surface area contributed by atoms with Crippen LogP contribution in [0.25, 0.3) is 0 Å². The Balaban J connectivity index is 1.57. The zero-order chi connectivity index (χ0) is 20.2. The van der Waals surface area contributed by atoms with E-state index in [9.17, 15) is 8.78 Å². The van der Waals surface area contributed by atoms with Crippen LogP contribution < -0.4 is 0 Å². The van der Waals surface area contributed by atoms with Gasteiger partial charge in [0.2, 0.25) is 0 Å². The van der Waals surface area contributed by atoms with E-state index in [4.69, 9.17) is 5.26 Å². The van der Waals surface area contributed by atoms with E-state index in [1.54, 1.807) is 6.07 Å². The van der Waals surface area contributed by atoms with Crippen molar-refractivity contribution in [2.24, 2.45) is 5.92 Å². The Bertz CT molecular complexity index is 588. The fourth-order valence-electron chi connectivity index (χ4n) is 4.64. The molecular weight excluding hydrogens is 352 g/mol. The van der Waals surface area contributed by atoms with E-state index in [2.05, 4.69) is 6.92 Å². The first-order valence-electron chi connectivity index (χ1n) is 11.5. The van der Waals surface area contributed by atoms with E-state index in [0.717, 1.165) is 37.2 Å². The molecule has 0 atom stereocenters. The summed E-state index contributed by atoms with van der Waals surface area (Å²) in [6.45, 7) is 2.26. The van der Waals surface area contributed by atoms with Crippen LogP contribution in [0.15, 0.2) is 12.1 Å². The molecule has 0 N–H and O–H groups in total. The predicted octanol–water partition coefficient (Wildman–Crippen LogP) is 8.42. The molecular formula is C25H37F2N. The van der Waals surface area contributed by atoms with Gasteiger partial charge in [-0.05, 0) is 55.2 Å². The van der Waals surface area contributed by atoms with Crippen molar-refractivity contribution in [2.75, 3.05) is 0 Å². The minimum absolute atomic E-state index is 0.237. The fourth-order valence-corrected chi connectivity index (χ4v) is 4.64. The quantitative estimate of drug-likeness (QED) is 0.329. The Labute approximate surface area is 170 Å². The highest BCUT2D eigenvalue weighted by atomic mass is 19.1. The molecule has 1 saturated carbocycles. The summed E-state index contributed by atoms with van der Waals surface area (Å²) in [5.74, 6) is -0.422. The summed E-state index contributed by atoms with van der Waals surface area (Å²) in [5, 5.41) is 8.80. The third-order valence-corrected chi connectivity index (χ3v) is 6.46. The van der Waals surface area contributed by atoms with E-state index < -0.39 is 17.2 Å². The molecule has 1 nitrogen and oxygen atoms in total. The summed E-state index contributed by atoms with van der Waals surface area (Å²) in [7, 11) is 0. The summed E-state index contributed by atoms with van der Waals surface area (Å²) < 4.78 is 27.7. The fraction of sp³-hybridized carbons (Fsp3) is 0.720. The van der Waals surface area contributed by atoms with Crippen molar-refractivity contribution in [3.63, 3.8) is 0 Å². The standard InChI is InChI=1S/C25H37F2N/c1-2-3-4-5-6-7-8-9-10-11-12-20-13-15-21(16-14-20)22-17-24(26)23(19-28)25(27)18-22/h17-18,20-21H,2-16H2,1H3. The van der Waals surface area contributed by atoms with Crippen LogP contribution >= 0.6 is 0 Å². The van der Waals surface area contributed by atoms with Crippen molar-refractivity contribution in [1.82, 2.24) is 0 Å². The maximum Gasteiger partial charge on any atom is 0.144 e.